The summed E-state index contributed by atoms with van der Waals surface area (Å²) in [5, 5.41) is 3.38. The van der Waals surface area contributed by atoms with Gasteiger partial charge in [-0.2, -0.15) is 0 Å². The minimum atomic E-state index is 0.339. The zero-order chi connectivity index (χ0) is 9.47. The first kappa shape index (κ1) is 8.82. The molecule has 1 unspecified atom stereocenters. The maximum Gasteiger partial charge on any atom is 0.0953 e. The van der Waals surface area contributed by atoms with Gasteiger partial charge in [-0.3, -0.25) is 0 Å². The Labute approximate surface area is 79.3 Å². The highest BCUT2D eigenvalue weighted by atomic mass is 16.3. The first-order valence-electron chi connectivity index (χ1n) is 4.87. The van der Waals surface area contributed by atoms with Gasteiger partial charge in [0.15, 0.2) is 0 Å². The van der Waals surface area contributed by atoms with Crippen LogP contribution in [0.25, 0.3) is 0 Å². The van der Waals surface area contributed by atoms with Gasteiger partial charge >= 0.3 is 0 Å². The van der Waals surface area contributed by atoms with Gasteiger partial charge in [0.05, 0.1) is 12.5 Å². The minimum Gasteiger partial charge on any atom is -0.472 e. The Morgan fingerprint density at radius 3 is 2.92 bits per heavy atom. The van der Waals surface area contributed by atoms with Gasteiger partial charge in [-0.15, -0.1) is 0 Å². The summed E-state index contributed by atoms with van der Waals surface area (Å²) in [5.41, 5.74) is 3.06. The van der Waals surface area contributed by atoms with Crippen LogP contribution in [-0.4, -0.2) is 7.05 Å². The van der Waals surface area contributed by atoms with E-state index in [9.17, 15) is 0 Å². The lowest BCUT2D eigenvalue weighted by molar-refractivity contribution is 0.219. The molecule has 0 radical (unpaired) electrons. The van der Waals surface area contributed by atoms with E-state index in [0.29, 0.717) is 11.5 Å². The van der Waals surface area contributed by atoms with Crippen molar-refractivity contribution < 1.29 is 4.42 Å². The summed E-state index contributed by atoms with van der Waals surface area (Å²) < 4.78 is 5.25. The third-order valence-electron chi connectivity index (χ3n) is 3.20. The second-order valence-corrected chi connectivity index (χ2v) is 4.56. The molecule has 2 rings (SSSR count). The molecule has 0 aromatic carbocycles. The van der Waals surface area contributed by atoms with E-state index in [0.717, 1.165) is 6.42 Å². The molecule has 0 spiro atoms. The van der Waals surface area contributed by atoms with E-state index in [2.05, 4.69) is 19.2 Å². The molecule has 1 heterocycles. The lowest BCUT2D eigenvalue weighted by atomic mass is 9.72. The van der Waals surface area contributed by atoms with Gasteiger partial charge in [0, 0.05) is 11.6 Å². The minimum absolute atomic E-state index is 0.339. The van der Waals surface area contributed by atoms with E-state index >= 15 is 0 Å². The average molecular weight is 179 g/mol. The van der Waals surface area contributed by atoms with E-state index in [1.165, 1.54) is 17.5 Å². The van der Waals surface area contributed by atoms with Crippen molar-refractivity contribution in [1.82, 2.24) is 5.32 Å². The van der Waals surface area contributed by atoms with Crippen LogP contribution in [0.5, 0.6) is 0 Å². The van der Waals surface area contributed by atoms with Crippen molar-refractivity contribution in [2.24, 2.45) is 5.41 Å². The fraction of sp³-hybridized carbons (Fsp3) is 0.636. The molecule has 0 saturated carbocycles. The molecule has 0 fully saturated rings. The van der Waals surface area contributed by atoms with Crippen molar-refractivity contribution in [3.8, 4) is 0 Å². The summed E-state index contributed by atoms with van der Waals surface area (Å²) >= 11 is 0. The lowest BCUT2D eigenvalue weighted by Crippen LogP contribution is -2.35. The zero-order valence-electron chi connectivity index (χ0n) is 8.55. The highest BCUT2D eigenvalue weighted by Crippen LogP contribution is 2.43. The third kappa shape index (κ3) is 1.29. The Bertz CT molecular complexity index is 301. The molecule has 0 aliphatic heterocycles. The Morgan fingerprint density at radius 2 is 2.23 bits per heavy atom. The second-order valence-electron chi connectivity index (χ2n) is 4.56. The van der Waals surface area contributed by atoms with Gasteiger partial charge in [-0.1, -0.05) is 13.8 Å². The average Bonchev–Trinajstić information content (AvgIpc) is 2.50. The van der Waals surface area contributed by atoms with Gasteiger partial charge in [0.25, 0.3) is 0 Å². The Kier molecular flexibility index (Phi) is 1.95. The molecule has 1 aliphatic carbocycles. The van der Waals surface area contributed by atoms with Crippen LogP contribution in [0.4, 0.5) is 0 Å². The van der Waals surface area contributed by atoms with Crippen molar-refractivity contribution >= 4 is 0 Å². The molecule has 1 aromatic rings. The van der Waals surface area contributed by atoms with Crippen LogP contribution in [-0.2, 0) is 6.42 Å². The van der Waals surface area contributed by atoms with Crippen LogP contribution < -0.4 is 5.32 Å². The summed E-state index contributed by atoms with van der Waals surface area (Å²) in [4.78, 5) is 0. The van der Waals surface area contributed by atoms with Gasteiger partial charge in [0.1, 0.15) is 0 Å². The van der Waals surface area contributed by atoms with Gasteiger partial charge in [-0.05, 0) is 30.9 Å². The number of aryl methyl sites for hydroxylation is 1. The first-order valence-corrected chi connectivity index (χ1v) is 4.87. The summed E-state index contributed by atoms with van der Waals surface area (Å²) in [5.74, 6) is 0. The fourth-order valence-electron chi connectivity index (χ4n) is 2.36. The summed E-state index contributed by atoms with van der Waals surface area (Å²) in [6, 6.07) is 0.440. The van der Waals surface area contributed by atoms with Crippen molar-refractivity contribution in [2.75, 3.05) is 7.05 Å². The van der Waals surface area contributed by atoms with E-state index in [-0.39, 0.29) is 0 Å². The number of hydrogen-bond donors (Lipinski definition) is 1. The van der Waals surface area contributed by atoms with Crippen LogP contribution in [0.15, 0.2) is 16.9 Å². The third-order valence-corrected chi connectivity index (χ3v) is 3.20. The molecule has 2 nitrogen and oxygen atoms in total. The Balaban J connectivity index is 2.41. The fourth-order valence-corrected chi connectivity index (χ4v) is 2.36. The smallest absolute Gasteiger partial charge is 0.0953 e. The van der Waals surface area contributed by atoms with Crippen molar-refractivity contribution in [2.45, 2.75) is 32.7 Å². The lowest BCUT2D eigenvalue weighted by Gasteiger charge is -2.38. The number of nitrogens with one attached hydrogen (secondary N) is 1. The Morgan fingerprint density at radius 1 is 1.46 bits per heavy atom. The number of hydrogen-bond acceptors (Lipinski definition) is 2. The summed E-state index contributed by atoms with van der Waals surface area (Å²) in [6.07, 6.45) is 6.15. The second kappa shape index (κ2) is 2.88. The highest BCUT2D eigenvalue weighted by Gasteiger charge is 2.35. The molecular weight excluding hydrogens is 162 g/mol. The number of rotatable bonds is 1. The molecular formula is C11H17NO. The van der Waals surface area contributed by atoms with Crippen LogP contribution in [0.1, 0.15) is 37.4 Å². The van der Waals surface area contributed by atoms with Crippen LogP contribution in [0, 0.1) is 5.41 Å². The molecule has 13 heavy (non-hydrogen) atoms. The maximum atomic E-state index is 5.25. The normalized spacial score (nSPS) is 25.6. The molecule has 1 aliphatic rings. The highest BCUT2D eigenvalue weighted by molar-refractivity contribution is 5.29. The van der Waals surface area contributed by atoms with Crippen molar-refractivity contribution in [3.05, 3.63) is 23.7 Å². The number of furan rings is 1. The summed E-state index contributed by atoms with van der Waals surface area (Å²) in [6.45, 7) is 4.62. The molecule has 1 atom stereocenters. The molecule has 72 valence electrons. The standard InChI is InChI=1S/C11H17NO/c1-11(2)5-4-8-6-13-7-9(8)10(11)12-3/h6-7,10,12H,4-5H2,1-3H3. The predicted octanol–water partition coefficient (Wildman–Crippen LogP) is 2.51. The molecule has 1 N–H and O–H groups in total. The van der Waals surface area contributed by atoms with E-state index < -0.39 is 0 Å². The van der Waals surface area contributed by atoms with Crippen molar-refractivity contribution in [1.29, 1.82) is 0 Å². The molecule has 0 bridgehead atoms. The predicted molar refractivity (Wildman–Crippen MR) is 52.6 cm³/mol. The largest absolute Gasteiger partial charge is 0.472 e. The zero-order valence-corrected chi connectivity index (χ0v) is 8.55. The van der Waals surface area contributed by atoms with E-state index in [1.807, 2.05) is 19.6 Å². The molecule has 0 amide bonds. The summed E-state index contributed by atoms with van der Waals surface area (Å²) in [7, 11) is 2.02. The van der Waals surface area contributed by atoms with Crippen LogP contribution in [0.3, 0.4) is 0 Å². The Hall–Kier alpha value is -0.760. The quantitative estimate of drug-likeness (QED) is 0.716. The number of fused-ring (bicyclic) bond motifs is 1. The van der Waals surface area contributed by atoms with Crippen LogP contribution in [0.2, 0.25) is 0 Å². The van der Waals surface area contributed by atoms with Gasteiger partial charge < -0.3 is 9.73 Å². The SMILES string of the molecule is CNC1c2cocc2CCC1(C)C. The van der Waals surface area contributed by atoms with Crippen LogP contribution >= 0.6 is 0 Å². The van der Waals surface area contributed by atoms with Crippen molar-refractivity contribution in [3.63, 3.8) is 0 Å². The topological polar surface area (TPSA) is 25.2 Å². The van der Waals surface area contributed by atoms with E-state index in [1.54, 1.807) is 0 Å². The first-order chi connectivity index (χ1) is 6.15. The maximum absolute atomic E-state index is 5.25. The molecule has 0 saturated heterocycles. The van der Waals surface area contributed by atoms with E-state index in [4.69, 9.17) is 4.42 Å². The monoisotopic (exact) mass is 179 g/mol. The molecule has 1 aromatic heterocycles. The van der Waals surface area contributed by atoms with Gasteiger partial charge in [-0.25, -0.2) is 0 Å². The molecule has 2 heteroatoms. The van der Waals surface area contributed by atoms with Gasteiger partial charge in [0.2, 0.25) is 0 Å².